The fourth-order valence-electron chi connectivity index (χ4n) is 5.21. The zero-order chi connectivity index (χ0) is 29.4. The third kappa shape index (κ3) is 6.39. The van der Waals surface area contributed by atoms with Gasteiger partial charge in [0.15, 0.2) is 12.4 Å². The predicted molar refractivity (Wildman–Crippen MR) is 170 cm³/mol. The summed E-state index contributed by atoms with van der Waals surface area (Å²) >= 11 is 0. The number of hydrogen-bond donors (Lipinski definition) is 0. The van der Waals surface area contributed by atoms with Crippen LogP contribution in [-0.4, -0.2) is 35.8 Å². The largest absolute Gasteiger partial charge is 0.451 e. The highest BCUT2D eigenvalue weighted by Crippen LogP contribution is 2.34. The molecule has 1 amide bonds. The SMILES string of the molecule is O=Cc1ccccc1/N=C1/OC(Cc2ccc(N(c3ccccc3)c3ccccc3)cc2)C(=O)N1CCc1ccccc1. The summed E-state index contributed by atoms with van der Waals surface area (Å²) in [5.74, 6) is -0.141. The first-order valence-electron chi connectivity index (χ1n) is 14.3. The van der Waals surface area contributed by atoms with Crippen LogP contribution >= 0.6 is 0 Å². The van der Waals surface area contributed by atoms with E-state index in [4.69, 9.17) is 4.74 Å². The number of hydrogen-bond acceptors (Lipinski definition) is 5. The highest BCUT2D eigenvalue weighted by Gasteiger charge is 2.39. The maximum atomic E-state index is 13.7. The fourth-order valence-corrected chi connectivity index (χ4v) is 5.21. The second-order valence-corrected chi connectivity index (χ2v) is 10.3. The molecule has 0 saturated carbocycles. The molecule has 1 fully saturated rings. The predicted octanol–water partition coefficient (Wildman–Crippen LogP) is 7.67. The van der Waals surface area contributed by atoms with Gasteiger partial charge in [-0.2, -0.15) is 4.99 Å². The molecule has 1 unspecified atom stereocenters. The van der Waals surface area contributed by atoms with Gasteiger partial charge in [0.1, 0.15) is 0 Å². The summed E-state index contributed by atoms with van der Waals surface area (Å²) in [6.45, 7) is 0.420. The maximum Gasteiger partial charge on any atom is 0.300 e. The summed E-state index contributed by atoms with van der Waals surface area (Å²) in [6.07, 6.45) is 1.09. The van der Waals surface area contributed by atoms with Crippen molar-refractivity contribution in [2.45, 2.75) is 18.9 Å². The van der Waals surface area contributed by atoms with Crippen molar-refractivity contribution >= 4 is 41.0 Å². The first-order valence-corrected chi connectivity index (χ1v) is 14.3. The Hall–Kier alpha value is -5.49. The molecule has 6 nitrogen and oxygen atoms in total. The normalized spacial score (nSPS) is 15.3. The molecule has 1 saturated heterocycles. The Morgan fingerprint density at radius 2 is 1.23 bits per heavy atom. The Bertz CT molecular complexity index is 1670. The minimum Gasteiger partial charge on any atom is -0.451 e. The number of carbonyl (C=O) groups excluding carboxylic acids is 2. The van der Waals surface area contributed by atoms with E-state index < -0.39 is 6.10 Å². The van der Waals surface area contributed by atoms with Gasteiger partial charge in [-0.25, -0.2) is 0 Å². The molecule has 0 aliphatic carbocycles. The Morgan fingerprint density at radius 3 is 1.86 bits per heavy atom. The Kier molecular flexibility index (Phi) is 8.36. The number of aldehydes is 1. The molecule has 43 heavy (non-hydrogen) atoms. The van der Waals surface area contributed by atoms with E-state index in [9.17, 15) is 9.59 Å². The quantitative estimate of drug-likeness (QED) is 0.163. The lowest BCUT2D eigenvalue weighted by Crippen LogP contribution is -2.34. The first kappa shape index (κ1) is 27.7. The van der Waals surface area contributed by atoms with Gasteiger partial charge in [-0.05, 0) is 66.1 Å². The minimum atomic E-state index is -0.719. The van der Waals surface area contributed by atoms with Crippen molar-refractivity contribution in [1.29, 1.82) is 0 Å². The van der Waals surface area contributed by atoms with E-state index >= 15 is 0 Å². The molecule has 5 aromatic rings. The Labute approximate surface area is 251 Å². The summed E-state index contributed by atoms with van der Waals surface area (Å²) in [5, 5.41) is 0. The van der Waals surface area contributed by atoms with Gasteiger partial charge in [0, 0.05) is 35.6 Å². The van der Waals surface area contributed by atoms with Gasteiger partial charge in [-0.15, -0.1) is 0 Å². The molecule has 0 aromatic heterocycles. The van der Waals surface area contributed by atoms with E-state index in [2.05, 4.69) is 46.3 Å². The van der Waals surface area contributed by atoms with E-state index in [0.29, 0.717) is 30.6 Å². The molecule has 0 N–H and O–H groups in total. The summed E-state index contributed by atoms with van der Waals surface area (Å²) in [7, 11) is 0. The molecule has 1 aliphatic rings. The smallest absolute Gasteiger partial charge is 0.300 e. The molecular formula is C37H31N3O3. The van der Waals surface area contributed by atoms with Crippen molar-refractivity contribution in [3.8, 4) is 0 Å². The topological polar surface area (TPSA) is 62.2 Å². The number of amides is 1. The summed E-state index contributed by atoms with van der Waals surface area (Å²) in [4.78, 5) is 33.7. The van der Waals surface area contributed by atoms with Crippen LogP contribution in [0.3, 0.4) is 0 Å². The van der Waals surface area contributed by atoms with Gasteiger partial charge in [0.05, 0.1) is 5.69 Å². The van der Waals surface area contributed by atoms with Crippen molar-refractivity contribution in [2.75, 3.05) is 11.4 Å². The molecule has 0 bridgehead atoms. The van der Waals surface area contributed by atoms with Crippen LogP contribution in [0.25, 0.3) is 0 Å². The van der Waals surface area contributed by atoms with Crippen LogP contribution < -0.4 is 4.90 Å². The number of rotatable bonds is 10. The molecule has 1 aliphatic heterocycles. The third-order valence-electron chi connectivity index (χ3n) is 7.41. The molecule has 212 valence electrons. The van der Waals surface area contributed by atoms with E-state index in [-0.39, 0.29) is 11.9 Å². The van der Waals surface area contributed by atoms with Crippen LogP contribution in [0.2, 0.25) is 0 Å². The molecule has 0 spiro atoms. The second kappa shape index (κ2) is 13.0. The number of nitrogens with zero attached hydrogens (tertiary/aromatic N) is 3. The van der Waals surface area contributed by atoms with E-state index in [0.717, 1.165) is 34.5 Å². The zero-order valence-electron chi connectivity index (χ0n) is 23.6. The minimum absolute atomic E-state index is 0.141. The van der Waals surface area contributed by atoms with Crippen LogP contribution in [-0.2, 0) is 22.4 Å². The van der Waals surface area contributed by atoms with E-state index in [1.165, 1.54) is 0 Å². The van der Waals surface area contributed by atoms with E-state index in [1.54, 1.807) is 23.1 Å². The first-order chi connectivity index (χ1) is 21.2. The average molecular weight is 566 g/mol. The van der Waals surface area contributed by atoms with Crippen molar-refractivity contribution in [3.05, 3.63) is 156 Å². The maximum absolute atomic E-state index is 13.7. The van der Waals surface area contributed by atoms with Crippen LogP contribution in [0.4, 0.5) is 22.7 Å². The summed E-state index contributed by atoms with van der Waals surface area (Å²) in [5.41, 5.74) is 6.12. The standard InChI is InChI=1S/C37H31N3O3/c41-27-30-14-10-11-19-34(30)38-37-39(25-24-28-12-4-1-5-13-28)36(42)35(43-37)26-29-20-22-33(23-21-29)40(31-15-6-2-7-16-31)32-17-8-3-9-18-32/h1-23,27,35H,24-26H2/b38-37+. The lowest BCUT2D eigenvalue weighted by molar-refractivity contribution is -0.129. The second-order valence-electron chi connectivity index (χ2n) is 10.3. The van der Waals surface area contributed by atoms with Crippen molar-refractivity contribution in [1.82, 2.24) is 4.90 Å². The number of aliphatic imine (C=N–C) groups is 1. The van der Waals surface area contributed by atoms with Gasteiger partial charge in [-0.1, -0.05) is 91.0 Å². The molecular weight excluding hydrogens is 534 g/mol. The van der Waals surface area contributed by atoms with Gasteiger partial charge in [0.2, 0.25) is 0 Å². The average Bonchev–Trinajstić information content (AvgIpc) is 3.35. The highest BCUT2D eigenvalue weighted by molar-refractivity contribution is 6.03. The number of ether oxygens (including phenoxy) is 1. The molecule has 5 aromatic carbocycles. The molecule has 0 radical (unpaired) electrons. The van der Waals surface area contributed by atoms with Crippen LogP contribution in [0.15, 0.2) is 145 Å². The van der Waals surface area contributed by atoms with Crippen LogP contribution in [0.5, 0.6) is 0 Å². The monoisotopic (exact) mass is 565 g/mol. The third-order valence-corrected chi connectivity index (χ3v) is 7.41. The molecule has 6 heteroatoms. The number of carbonyl (C=O) groups is 2. The van der Waals surface area contributed by atoms with Gasteiger partial charge < -0.3 is 9.64 Å². The molecule has 6 rings (SSSR count). The van der Waals surface area contributed by atoms with Crippen molar-refractivity contribution in [3.63, 3.8) is 0 Å². The van der Waals surface area contributed by atoms with Crippen molar-refractivity contribution < 1.29 is 14.3 Å². The molecule has 1 atom stereocenters. The van der Waals surface area contributed by atoms with E-state index in [1.807, 2.05) is 84.9 Å². The number of anilines is 3. The Morgan fingerprint density at radius 1 is 0.674 bits per heavy atom. The van der Waals surface area contributed by atoms with Crippen molar-refractivity contribution in [2.24, 2.45) is 4.99 Å². The summed E-state index contributed by atoms with van der Waals surface area (Å²) < 4.78 is 6.20. The molecule has 1 heterocycles. The van der Waals surface area contributed by atoms with Gasteiger partial charge in [0.25, 0.3) is 11.9 Å². The fraction of sp³-hybridized carbons (Fsp3) is 0.108. The lowest BCUT2D eigenvalue weighted by atomic mass is 10.1. The lowest BCUT2D eigenvalue weighted by Gasteiger charge is -2.25. The summed E-state index contributed by atoms with van der Waals surface area (Å²) in [6, 6.07) is 45.9. The highest BCUT2D eigenvalue weighted by atomic mass is 16.5. The van der Waals surface area contributed by atoms with Gasteiger partial charge >= 0.3 is 0 Å². The van der Waals surface area contributed by atoms with Crippen LogP contribution in [0, 0.1) is 0 Å². The number of amidine groups is 1. The Balaban J connectivity index is 1.25. The number of benzene rings is 5. The zero-order valence-corrected chi connectivity index (χ0v) is 23.6. The number of para-hydroxylation sites is 3. The van der Waals surface area contributed by atoms with Crippen LogP contribution in [0.1, 0.15) is 21.5 Å². The van der Waals surface area contributed by atoms with Gasteiger partial charge in [-0.3, -0.25) is 14.5 Å².